The number of anilines is 1. The van der Waals surface area contributed by atoms with Gasteiger partial charge in [-0.3, -0.25) is 19.5 Å². The van der Waals surface area contributed by atoms with Crippen LogP contribution in [-0.4, -0.2) is 20.5 Å². The number of nitrogens with zero attached hydrogens (tertiary/aromatic N) is 2. The first-order valence-corrected chi connectivity index (χ1v) is 13.3. The van der Waals surface area contributed by atoms with Crippen LogP contribution < -0.4 is 10.2 Å². The molecule has 0 aliphatic carbocycles. The van der Waals surface area contributed by atoms with Crippen LogP contribution in [0.2, 0.25) is 0 Å². The van der Waals surface area contributed by atoms with E-state index in [4.69, 9.17) is 0 Å². The van der Waals surface area contributed by atoms with Crippen LogP contribution in [0.4, 0.5) is 5.69 Å². The van der Waals surface area contributed by atoms with Gasteiger partial charge < -0.3 is 5.32 Å². The lowest BCUT2D eigenvalue weighted by atomic mass is 10.0. The van der Waals surface area contributed by atoms with Crippen molar-refractivity contribution in [1.29, 1.82) is 0 Å². The van der Waals surface area contributed by atoms with Gasteiger partial charge in [-0.1, -0.05) is 111 Å². The van der Waals surface area contributed by atoms with E-state index in [1.54, 1.807) is 24.5 Å². The van der Waals surface area contributed by atoms with E-state index in [9.17, 15) is 9.59 Å². The van der Waals surface area contributed by atoms with E-state index in [1.807, 2.05) is 91.9 Å². The average Bonchev–Trinajstić information content (AvgIpc) is 2.92. The second kappa shape index (κ2) is 12.1. The Morgan fingerprint density at radius 2 is 1.36 bits per heavy atom. The van der Waals surface area contributed by atoms with Gasteiger partial charge in [0.05, 0.1) is 6.04 Å². The maximum Gasteiger partial charge on any atom is 0.252 e. The van der Waals surface area contributed by atoms with Crippen LogP contribution in [0.1, 0.15) is 30.1 Å². The zero-order chi connectivity index (χ0) is 25.5. The average molecular weight is 607 g/mol. The number of alkyl halides is 2. The highest BCUT2D eigenvalue weighted by Gasteiger charge is 2.35. The molecule has 0 saturated carbocycles. The number of halogens is 2. The third-order valence-electron chi connectivity index (χ3n) is 5.84. The number of nitrogens with one attached hydrogen (secondary N) is 1. The van der Waals surface area contributed by atoms with Gasteiger partial charge in [0.2, 0.25) is 5.91 Å². The van der Waals surface area contributed by atoms with Gasteiger partial charge in [-0.15, -0.1) is 0 Å². The molecule has 182 valence electrons. The molecule has 0 radical (unpaired) electrons. The first kappa shape index (κ1) is 25.8. The van der Waals surface area contributed by atoms with Crippen LogP contribution in [0.5, 0.6) is 0 Å². The largest absolute Gasteiger partial charge is 0.347 e. The Balaban J connectivity index is 1.74. The number of aromatic nitrogens is 1. The monoisotopic (exact) mass is 605 g/mol. The number of rotatable bonds is 8. The van der Waals surface area contributed by atoms with E-state index in [0.29, 0.717) is 11.3 Å². The number of carbonyl (C=O) groups is 2. The van der Waals surface area contributed by atoms with Crippen LogP contribution in [0, 0.1) is 0 Å². The molecule has 1 N–H and O–H groups in total. The minimum atomic E-state index is -0.933. The Morgan fingerprint density at radius 1 is 0.778 bits per heavy atom. The molecule has 1 aromatic heterocycles. The van der Waals surface area contributed by atoms with Gasteiger partial charge in [-0.05, 0) is 41.8 Å². The van der Waals surface area contributed by atoms with Crippen LogP contribution in [0.3, 0.4) is 0 Å². The van der Waals surface area contributed by atoms with Crippen LogP contribution in [0.15, 0.2) is 109 Å². The summed E-state index contributed by atoms with van der Waals surface area (Å²) in [6.45, 7) is 1.92. The summed E-state index contributed by atoms with van der Waals surface area (Å²) in [6.07, 6.45) is 3.26. The molecule has 0 aliphatic rings. The fourth-order valence-electron chi connectivity index (χ4n) is 4.03. The highest BCUT2D eigenvalue weighted by Crippen LogP contribution is 2.33. The van der Waals surface area contributed by atoms with E-state index in [-0.39, 0.29) is 17.9 Å². The molecule has 0 aliphatic heterocycles. The lowest BCUT2D eigenvalue weighted by molar-refractivity contribution is -0.126. The van der Waals surface area contributed by atoms with Gasteiger partial charge in [-0.25, -0.2) is 0 Å². The number of hydrogen-bond donors (Lipinski definition) is 1. The summed E-state index contributed by atoms with van der Waals surface area (Å²) in [5.41, 5.74) is 4.26. The number of carbonyl (C=O) groups excluding carboxylic acids is 2. The highest BCUT2D eigenvalue weighted by molar-refractivity contribution is 9.25. The summed E-state index contributed by atoms with van der Waals surface area (Å²) in [5.74, 6) is -0.612. The van der Waals surface area contributed by atoms with E-state index in [1.165, 1.54) is 4.90 Å². The second-order valence-electron chi connectivity index (χ2n) is 8.25. The maximum absolute atomic E-state index is 13.8. The molecule has 36 heavy (non-hydrogen) atoms. The lowest BCUT2D eigenvalue weighted by Crippen LogP contribution is -2.46. The Morgan fingerprint density at radius 3 is 1.94 bits per heavy atom. The second-order valence-corrected chi connectivity index (χ2v) is 11.3. The molecule has 7 heteroatoms. The van der Waals surface area contributed by atoms with Crippen molar-refractivity contribution in [2.24, 2.45) is 0 Å². The Hall–Kier alpha value is -3.29. The van der Waals surface area contributed by atoms with Crippen molar-refractivity contribution < 1.29 is 9.59 Å². The number of pyridine rings is 1. The van der Waals surface area contributed by atoms with Crippen molar-refractivity contribution in [1.82, 2.24) is 10.3 Å². The van der Waals surface area contributed by atoms with Crippen molar-refractivity contribution in [2.45, 2.75) is 22.7 Å². The topological polar surface area (TPSA) is 62.3 Å². The number of amides is 2. The molecule has 0 unspecified atom stereocenters. The summed E-state index contributed by atoms with van der Waals surface area (Å²) in [4.78, 5) is 33.0. The van der Waals surface area contributed by atoms with Gasteiger partial charge in [0.1, 0.15) is 9.78 Å². The predicted octanol–water partition coefficient (Wildman–Crippen LogP) is 6.82. The Bertz CT molecular complexity index is 1280. The van der Waals surface area contributed by atoms with Crippen LogP contribution in [-0.2, 0) is 9.59 Å². The molecule has 1 heterocycles. The van der Waals surface area contributed by atoms with Crippen molar-refractivity contribution in [3.8, 4) is 11.1 Å². The minimum Gasteiger partial charge on any atom is -0.347 e. The molecule has 2 atom stereocenters. The minimum absolute atomic E-state index is 0.251. The summed E-state index contributed by atoms with van der Waals surface area (Å²) >= 11 is 6.69. The standard InChI is InChI=1S/C29H25Br2N3O2/c1-20(21-9-4-2-5-10-21)33-28(35)26(24-13-8-18-32-19-24)34(29(36)27(30)31)25-16-14-23(15-17-25)22-11-6-3-7-12-22/h2-20,26-27H,1H3,(H,33,35)/t20-,26+/m0/s1. The molecule has 2 amide bonds. The normalized spacial score (nSPS) is 12.6. The van der Waals surface area contributed by atoms with E-state index >= 15 is 0 Å². The maximum atomic E-state index is 13.8. The van der Waals surface area contributed by atoms with Gasteiger partial charge in [0.15, 0.2) is 0 Å². The molecule has 4 aromatic rings. The smallest absolute Gasteiger partial charge is 0.252 e. The zero-order valence-electron chi connectivity index (χ0n) is 19.6. The lowest BCUT2D eigenvalue weighted by Gasteiger charge is -2.33. The Labute approximate surface area is 227 Å². The van der Waals surface area contributed by atoms with E-state index in [0.717, 1.165) is 16.7 Å². The predicted molar refractivity (Wildman–Crippen MR) is 151 cm³/mol. The SMILES string of the molecule is C[C@H](NC(=O)[C@@H](c1cccnc1)N(C(=O)C(Br)Br)c1ccc(-c2ccccc2)cc1)c1ccccc1. The van der Waals surface area contributed by atoms with Crippen molar-refractivity contribution >= 4 is 49.4 Å². The molecular weight excluding hydrogens is 582 g/mol. The number of hydrogen-bond acceptors (Lipinski definition) is 3. The molecule has 0 spiro atoms. The van der Waals surface area contributed by atoms with Crippen LogP contribution in [0.25, 0.3) is 11.1 Å². The molecule has 0 fully saturated rings. The van der Waals surface area contributed by atoms with E-state index < -0.39 is 9.78 Å². The molecular formula is C29H25Br2N3O2. The third kappa shape index (κ3) is 6.09. The molecule has 4 rings (SSSR count). The van der Waals surface area contributed by atoms with Crippen molar-refractivity contribution in [3.05, 3.63) is 121 Å². The summed E-state index contributed by atoms with van der Waals surface area (Å²) in [7, 11) is 0. The quantitative estimate of drug-likeness (QED) is 0.224. The first-order valence-electron chi connectivity index (χ1n) is 11.5. The summed E-state index contributed by atoms with van der Waals surface area (Å²) in [6, 6.07) is 29.7. The fraction of sp³-hybridized carbons (Fsp3) is 0.138. The van der Waals surface area contributed by atoms with E-state index in [2.05, 4.69) is 42.2 Å². The fourth-order valence-corrected chi connectivity index (χ4v) is 4.47. The van der Waals surface area contributed by atoms with Crippen molar-refractivity contribution in [2.75, 3.05) is 4.90 Å². The van der Waals surface area contributed by atoms with Gasteiger partial charge in [0, 0.05) is 23.6 Å². The number of benzene rings is 3. The van der Waals surface area contributed by atoms with Gasteiger partial charge >= 0.3 is 0 Å². The molecule has 0 saturated heterocycles. The van der Waals surface area contributed by atoms with Crippen molar-refractivity contribution in [3.63, 3.8) is 0 Å². The molecule has 5 nitrogen and oxygen atoms in total. The first-order chi connectivity index (χ1) is 17.5. The van der Waals surface area contributed by atoms with Gasteiger partial charge in [-0.2, -0.15) is 0 Å². The molecule has 0 bridgehead atoms. The highest BCUT2D eigenvalue weighted by atomic mass is 79.9. The Kier molecular flexibility index (Phi) is 8.67. The summed E-state index contributed by atoms with van der Waals surface area (Å²) < 4.78 is -0.683. The van der Waals surface area contributed by atoms with Gasteiger partial charge in [0.25, 0.3) is 5.91 Å². The third-order valence-corrected chi connectivity index (χ3v) is 6.63. The summed E-state index contributed by atoms with van der Waals surface area (Å²) in [5, 5.41) is 3.08. The van der Waals surface area contributed by atoms with Crippen LogP contribution >= 0.6 is 31.9 Å². The molecule has 3 aromatic carbocycles. The zero-order valence-corrected chi connectivity index (χ0v) is 22.8.